The molecule has 2 aromatic heterocycles. The van der Waals surface area contributed by atoms with E-state index in [4.69, 9.17) is 0 Å². The number of hydrogen-bond acceptors (Lipinski definition) is 4. The number of anilines is 1. The molecule has 0 spiro atoms. The van der Waals surface area contributed by atoms with Gasteiger partial charge in [-0.05, 0) is 31.9 Å². The van der Waals surface area contributed by atoms with Crippen LogP contribution in [-0.4, -0.2) is 52.7 Å². The highest BCUT2D eigenvalue weighted by Gasteiger charge is 2.39. The first-order valence-corrected chi connectivity index (χ1v) is 6.95. The number of rotatable bonds is 1. The SMILES string of the molecule is Cc1cc2c(N3CC4CN(C)CC4C3)nccn2n1. The minimum absolute atomic E-state index is 0.802. The van der Waals surface area contributed by atoms with Crippen molar-refractivity contribution in [2.45, 2.75) is 6.92 Å². The first kappa shape index (κ1) is 11.2. The zero-order valence-corrected chi connectivity index (χ0v) is 11.5. The Morgan fingerprint density at radius 3 is 2.63 bits per heavy atom. The van der Waals surface area contributed by atoms with Crippen LogP contribution < -0.4 is 4.90 Å². The van der Waals surface area contributed by atoms with Crippen molar-refractivity contribution in [2.75, 3.05) is 38.1 Å². The molecule has 0 aromatic carbocycles. The summed E-state index contributed by atoms with van der Waals surface area (Å²) in [5.41, 5.74) is 2.18. The minimum Gasteiger partial charge on any atom is -0.354 e. The number of hydrogen-bond donors (Lipinski definition) is 0. The lowest BCUT2D eigenvalue weighted by Crippen LogP contribution is -2.27. The van der Waals surface area contributed by atoms with Gasteiger partial charge in [-0.25, -0.2) is 9.50 Å². The van der Waals surface area contributed by atoms with Gasteiger partial charge in [-0.2, -0.15) is 5.10 Å². The molecule has 2 saturated heterocycles. The first-order chi connectivity index (χ1) is 9.20. The zero-order valence-electron chi connectivity index (χ0n) is 11.5. The van der Waals surface area contributed by atoms with Gasteiger partial charge in [-0.15, -0.1) is 0 Å². The third kappa shape index (κ3) is 1.72. The third-order valence-corrected chi connectivity index (χ3v) is 4.46. The van der Waals surface area contributed by atoms with Crippen molar-refractivity contribution < 1.29 is 0 Å². The molecule has 5 heteroatoms. The Morgan fingerprint density at radius 1 is 1.16 bits per heavy atom. The second-order valence-electron chi connectivity index (χ2n) is 6.01. The summed E-state index contributed by atoms with van der Waals surface area (Å²) in [6, 6.07) is 2.13. The Bertz CT molecular complexity index is 605. The summed E-state index contributed by atoms with van der Waals surface area (Å²) < 4.78 is 1.94. The molecule has 0 aliphatic carbocycles. The van der Waals surface area contributed by atoms with Crippen LogP contribution in [0, 0.1) is 18.8 Å². The Balaban J connectivity index is 1.69. The summed E-state index contributed by atoms with van der Waals surface area (Å²) in [5.74, 6) is 2.70. The normalized spacial score (nSPS) is 27.4. The van der Waals surface area contributed by atoms with E-state index < -0.39 is 0 Å². The summed E-state index contributed by atoms with van der Waals surface area (Å²) in [5, 5.41) is 4.47. The number of likely N-dealkylation sites (tertiary alicyclic amines) is 1. The smallest absolute Gasteiger partial charge is 0.154 e. The molecule has 2 unspecified atom stereocenters. The zero-order chi connectivity index (χ0) is 13.0. The van der Waals surface area contributed by atoms with E-state index in [1.54, 1.807) is 0 Å². The van der Waals surface area contributed by atoms with Gasteiger partial charge < -0.3 is 9.80 Å². The molecule has 19 heavy (non-hydrogen) atoms. The summed E-state index contributed by atoms with van der Waals surface area (Å²) in [6.45, 7) is 6.74. The lowest BCUT2D eigenvalue weighted by molar-refractivity contribution is 0.387. The predicted octanol–water partition coefficient (Wildman–Crippen LogP) is 1.04. The van der Waals surface area contributed by atoms with Crippen LogP contribution in [0.15, 0.2) is 18.5 Å². The average molecular weight is 257 g/mol. The van der Waals surface area contributed by atoms with Crippen LogP contribution in [-0.2, 0) is 0 Å². The van der Waals surface area contributed by atoms with Gasteiger partial charge in [-0.1, -0.05) is 0 Å². The van der Waals surface area contributed by atoms with Crippen molar-refractivity contribution in [3.8, 4) is 0 Å². The van der Waals surface area contributed by atoms with Crippen molar-refractivity contribution in [1.29, 1.82) is 0 Å². The van der Waals surface area contributed by atoms with Gasteiger partial charge in [0, 0.05) is 38.6 Å². The summed E-state index contributed by atoms with van der Waals surface area (Å²) in [4.78, 5) is 9.49. The van der Waals surface area contributed by atoms with Crippen LogP contribution in [0.3, 0.4) is 0 Å². The highest BCUT2D eigenvalue weighted by molar-refractivity contribution is 5.69. The highest BCUT2D eigenvalue weighted by atomic mass is 15.3. The quantitative estimate of drug-likeness (QED) is 0.765. The fraction of sp³-hybridized carbons (Fsp3) is 0.571. The van der Waals surface area contributed by atoms with Crippen LogP contribution in [0.1, 0.15) is 5.69 Å². The third-order valence-electron chi connectivity index (χ3n) is 4.46. The lowest BCUT2D eigenvalue weighted by Gasteiger charge is -2.20. The standard InChI is InChI=1S/C14H19N5/c1-10-5-13-14(15-3-4-19(13)16-10)18-8-11-6-17(2)7-12(11)9-18/h3-5,11-12H,6-9H2,1-2H3. The topological polar surface area (TPSA) is 36.7 Å². The van der Waals surface area contributed by atoms with Crippen LogP contribution in [0.5, 0.6) is 0 Å². The van der Waals surface area contributed by atoms with E-state index in [-0.39, 0.29) is 0 Å². The van der Waals surface area contributed by atoms with Crippen molar-refractivity contribution >= 4 is 11.3 Å². The van der Waals surface area contributed by atoms with Gasteiger partial charge >= 0.3 is 0 Å². The van der Waals surface area contributed by atoms with E-state index in [0.29, 0.717) is 0 Å². The molecule has 0 amide bonds. The largest absolute Gasteiger partial charge is 0.354 e. The molecule has 2 fully saturated rings. The van der Waals surface area contributed by atoms with Gasteiger partial charge in [-0.3, -0.25) is 0 Å². The Labute approximate surface area is 112 Å². The number of aromatic nitrogens is 3. The molecule has 100 valence electrons. The number of nitrogens with zero attached hydrogens (tertiary/aromatic N) is 5. The maximum Gasteiger partial charge on any atom is 0.154 e. The molecule has 2 aliphatic heterocycles. The highest BCUT2D eigenvalue weighted by Crippen LogP contribution is 2.33. The fourth-order valence-corrected chi connectivity index (χ4v) is 3.67. The van der Waals surface area contributed by atoms with Gasteiger partial charge in [0.1, 0.15) is 5.52 Å². The maximum absolute atomic E-state index is 4.60. The van der Waals surface area contributed by atoms with Gasteiger partial charge in [0.25, 0.3) is 0 Å². The molecule has 0 saturated carbocycles. The second-order valence-corrected chi connectivity index (χ2v) is 6.01. The van der Waals surface area contributed by atoms with E-state index in [9.17, 15) is 0 Å². The molecule has 0 radical (unpaired) electrons. The summed E-state index contributed by atoms with van der Waals surface area (Å²) >= 11 is 0. The molecule has 5 nitrogen and oxygen atoms in total. The molecule has 0 N–H and O–H groups in total. The summed E-state index contributed by atoms with van der Waals surface area (Å²) in [6.07, 6.45) is 3.78. The maximum atomic E-state index is 4.60. The minimum atomic E-state index is 0.802. The van der Waals surface area contributed by atoms with Crippen LogP contribution in [0.4, 0.5) is 5.82 Å². The Morgan fingerprint density at radius 2 is 1.89 bits per heavy atom. The van der Waals surface area contributed by atoms with Crippen molar-refractivity contribution in [3.63, 3.8) is 0 Å². The molecule has 2 aliphatic rings. The Hall–Kier alpha value is -1.62. The van der Waals surface area contributed by atoms with Crippen molar-refractivity contribution in [3.05, 3.63) is 24.2 Å². The fourth-order valence-electron chi connectivity index (χ4n) is 3.67. The van der Waals surface area contributed by atoms with Crippen molar-refractivity contribution in [2.24, 2.45) is 11.8 Å². The lowest BCUT2D eigenvalue weighted by atomic mass is 10.0. The summed E-state index contributed by atoms with van der Waals surface area (Å²) in [7, 11) is 2.22. The van der Waals surface area contributed by atoms with Gasteiger partial charge in [0.15, 0.2) is 5.82 Å². The predicted molar refractivity (Wildman–Crippen MR) is 74.4 cm³/mol. The Kier molecular flexibility index (Phi) is 2.33. The van der Waals surface area contributed by atoms with E-state index in [1.807, 2.05) is 23.8 Å². The van der Waals surface area contributed by atoms with E-state index in [0.717, 1.165) is 42.0 Å². The number of aryl methyl sites for hydroxylation is 1. The van der Waals surface area contributed by atoms with Crippen molar-refractivity contribution in [1.82, 2.24) is 19.5 Å². The monoisotopic (exact) mass is 257 g/mol. The van der Waals surface area contributed by atoms with Crippen LogP contribution in [0.2, 0.25) is 0 Å². The van der Waals surface area contributed by atoms with Crippen LogP contribution in [0.25, 0.3) is 5.52 Å². The molecule has 2 aromatic rings. The number of fused-ring (bicyclic) bond motifs is 2. The van der Waals surface area contributed by atoms with Crippen LogP contribution >= 0.6 is 0 Å². The molecular formula is C14H19N5. The molecule has 4 rings (SSSR count). The molecular weight excluding hydrogens is 238 g/mol. The van der Waals surface area contributed by atoms with E-state index in [1.165, 1.54) is 13.1 Å². The van der Waals surface area contributed by atoms with E-state index in [2.05, 4.69) is 33.0 Å². The first-order valence-electron chi connectivity index (χ1n) is 6.95. The second kappa shape index (κ2) is 3.93. The molecule has 2 atom stereocenters. The molecule has 4 heterocycles. The average Bonchev–Trinajstić information content (AvgIpc) is 2.98. The van der Waals surface area contributed by atoms with Gasteiger partial charge in [0.05, 0.1) is 5.69 Å². The van der Waals surface area contributed by atoms with E-state index >= 15 is 0 Å². The van der Waals surface area contributed by atoms with Gasteiger partial charge in [0.2, 0.25) is 0 Å². The molecule has 0 bridgehead atoms.